The lowest BCUT2D eigenvalue weighted by molar-refractivity contribution is -0.136. The van der Waals surface area contributed by atoms with Gasteiger partial charge in [-0.15, -0.1) is 0 Å². The van der Waals surface area contributed by atoms with Crippen molar-refractivity contribution in [1.29, 1.82) is 0 Å². The summed E-state index contributed by atoms with van der Waals surface area (Å²) in [4.78, 5) is 26.7. The maximum Gasteiger partial charge on any atom is 0.353 e. The normalized spacial score (nSPS) is 10.8. The van der Waals surface area contributed by atoms with Crippen molar-refractivity contribution in [3.63, 3.8) is 0 Å². The molecule has 0 amide bonds. The van der Waals surface area contributed by atoms with E-state index in [2.05, 4.69) is 10.1 Å². The van der Waals surface area contributed by atoms with Crippen molar-refractivity contribution >= 4 is 5.97 Å². The van der Waals surface area contributed by atoms with Crippen molar-refractivity contribution in [2.45, 2.75) is 26.7 Å². The number of carboxylic acid groups (broad SMARTS) is 1. The largest absolute Gasteiger partial charge is 0.481 e. The Kier molecular flexibility index (Phi) is 3.69. The minimum absolute atomic E-state index is 0.00375. The molecular weight excluding hydrogens is 260 g/mol. The summed E-state index contributed by atoms with van der Waals surface area (Å²) in [7, 11) is 1.76. The van der Waals surface area contributed by atoms with E-state index in [1.54, 1.807) is 37.8 Å². The quantitative estimate of drug-likeness (QED) is 0.883. The molecule has 20 heavy (non-hydrogen) atoms. The van der Waals surface area contributed by atoms with Crippen LogP contribution in [0.3, 0.4) is 0 Å². The highest BCUT2D eigenvalue weighted by Crippen LogP contribution is 2.14. The topological polar surface area (TPSA) is 90.0 Å². The van der Waals surface area contributed by atoms with Crippen LogP contribution in [0.15, 0.2) is 17.1 Å². The van der Waals surface area contributed by atoms with Crippen LogP contribution >= 0.6 is 0 Å². The molecule has 0 aliphatic heterocycles. The van der Waals surface area contributed by atoms with Gasteiger partial charge in [0.1, 0.15) is 0 Å². The van der Waals surface area contributed by atoms with Crippen molar-refractivity contribution in [3.8, 4) is 5.82 Å². The number of aliphatic carboxylic acids is 1. The first-order valence-corrected chi connectivity index (χ1v) is 6.21. The number of hydrogen-bond donors (Lipinski definition) is 1. The summed E-state index contributed by atoms with van der Waals surface area (Å²) in [6.45, 7) is 3.50. The van der Waals surface area contributed by atoms with Gasteiger partial charge in [0, 0.05) is 37.1 Å². The molecule has 2 aromatic rings. The number of aromatic nitrogens is 4. The number of rotatable bonds is 4. The Morgan fingerprint density at radius 2 is 2.10 bits per heavy atom. The van der Waals surface area contributed by atoms with Crippen LogP contribution in [-0.4, -0.2) is 30.4 Å². The Bertz CT molecular complexity index is 715. The summed E-state index contributed by atoms with van der Waals surface area (Å²) in [6.07, 6.45) is 2.08. The van der Waals surface area contributed by atoms with Gasteiger partial charge in [0.25, 0.3) is 0 Å². The zero-order chi connectivity index (χ0) is 14.9. The van der Waals surface area contributed by atoms with E-state index in [1.165, 1.54) is 4.57 Å². The van der Waals surface area contributed by atoms with Crippen LogP contribution in [0.25, 0.3) is 5.82 Å². The van der Waals surface area contributed by atoms with Crippen molar-refractivity contribution in [2.75, 3.05) is 0 Å². The zero-order valence-electron chi connectivity index (χ0n) is 11.6. The summed E-state index contributed by atoms with van der Waals surface area (Å²) in [6, 6.07) is 1.71. The highest BCUT2D eigenvalue weighted by atomic mass is 16.4. The lowest BCUT2D eigenvalue weighted by atomic mass is 10.1. The molecule has 2 rings (SSSR count). The van der Waals surface area contributed by atoms with Gasteiger partial charge in [-0.2, -0.15) is 10.1 Å². The number of carboxylic acids is 1. The smallest absolute Gasteiger partial charge is 0.353 e. The van der Waals surface area contributed by atoms with Gasteiger partial charge in [0.2, 0.25) is 0 Å². The van der Waals surface area contributed by atoms with Crippen molar-refractivity contribution in [1.82, 2.24) is 19.3 Å². The summed E-state index contributed by atoms with van der Waals surface area (Å²) < 4.78 is 3.00. The van der Waals surface area contributed by atoms with Gasteiger partial charge < -0.3 is 5.11 Å². The molecule has 0 spiro atoms. The van der Waals surface area contributed by atoms with Gasteiger partial charge >= 0.3 is 11.7 Å². The average molecular weight is 276 g/mol. The Hall–Kier alpha value is -2.44. The molecule has 2 aromatic heterocycles. The Morgan fingerprint density at radius 3 is 2.65 bits per heavy atom. The van der Waals surface area contributed by atoms with E-state index in [0.29, 0.717) is 23.6 Å². The fraction of sp³-hybridized carbons (Fsp3) is 0.385. The Morgan fingerprint density at radius 1 is 1.40 bits per heavy atom. The fourth-order valence-corrected chi connectivity index (χ4v) is 2.19. The fourth-order valence-electron chi connectivity index (χ4n) is 2.19. The zero-order valence-corrected chi connectivity index (χ0v) is 11.6. The lowest BCUT2D eigenvalue weighted by Crippen LogP contribution is -2.27. The summed E-state index contributed by atoms with van der Waals surface area (Å²) in [5.41, 5.74) is 1.62. The maximum atomic E-state index is 12.0. The second-order valence-electron chi connectivity index (χ2n) is 4.62. The minimum Gasteiger partial charge on any atom is -0.481 e. The predicted molar refractivity (Wildman–Crippen MR) is 72.0 cm³/mol. The minimum atomic E-state index is -0.876. The highest BCUT2D eigenvalue weighted by Gasteiger charge is 2.15. The first-order chi connectivity index (χ1) is 9.40. The molecular formula is C13H16N4O3. The van der Waals surface area contributed by atoms with Crippen molar-refractivity contribution < 1.29 is 9.90 Å². The number of aryl methyl sites for hydroxylation is 2. The molecule has 0 aliphatic rings. The standard InChI is InChI=1S/C13H16N4O3/c1-8-10(4-5-12(18)19)9(2)17(13(20)14-8)11-6-7-16(3)15-11/h6-7H,4-5H2,1-3H3,(H,18,19). The third-order valence-electron chi connectivity index (χ3n) is 3.18. The van der Waals surface area contributed by atoms with Crippen LogP contribution in [0.1, 0.15) is 23.4 Å². The van der Waals surface area contributed by atoms with E-state index < -0.39 is 11.7 Å². The summed E-state index contributed by atoms with van der Waals surface area (Å²) in [5, 5.41) is 13.0. The molecule has 0 atom stereocenters. The first kappa shape index (κ1) is 14.0. The summed E-state index contributed by atoms with van der Waals surface area (Å²) >= 11 is 0. The average Bonchev–Trinajstić information content (AvgIpc) is 2.74. The molecule has 2 heterocycles. The van der Waals surface area contributed by atoms with E-state index in [1.807, 2.05) is 0 Å². The van der Waals surface area contributed by atoms with Gasteiger partial charge in [0.05, 0.1) is 0 Å². The molecule has 0 saturated carbocycles. The molecule has 0 radical (unpaired) electrons. The van der Waals surface area contributed by atoms with Gasteiger partial charge in [-0.05, 0) is 25.8 Å². The van der Waals surface area contributed by atoms with E-state index in [-0.39, 0.29) is 6.42 Å². The van der Waals surface area contributed by atoms with Crippen LogP contribution < -0.4 is 5.69 Å². The molecule has 0 bridgehead atoms. The number of hydrogen-bond acceptors (Lipinski definition) is 4. The predicted octanol–water partition coefficient (Wildman–Crippen LogP) is 0.600. The summed E-state index contributed by atoms with van der Waals surface area (Å²) in [5.74, 6) is -0.390. The van der Waals surface area contributed by atoms with Crippen LogP contribution in [0.5, 0.6) is 0 Å². The van der Waals surface area contributed by atoms with Crippen molar-refractivity contribution in [3.05, 3.63) is 39.7 Å². The molecule has 7 heteroatoms. The molecule has 106 valence electrons. The lowest BCUT2D eigenvalue weighted by Gasteiger charge is -2.13. The molecule has 7 nitrogen and oxygen atoms in total. The molecule has 0 saturated heterocycles. The highest BCUT2D eigenvalue weighted by molar-refractivity contribution is 5.67. The van der Waals surface area contributed by atoms with Gasteiger partial charge in [-0.25, -0.2) is 9.36 Å². The third-order valence-corrected chi connectivity index (χ3v) is 3.18. The van der Waals surface area contributed by atoms with E-state index in [0.717, 1.165) is 5.56 Å². The van der Waals surface area contributed by atoms with Crippen LogP contribution in [0.2, 0.25) is 0 Å². The molecule has 1 N–H and O–H groups in total. The second-order valence-corrected chi connectivity index (χ2v) is 4.62. The molecule has 0 fully saturated rings. The van der Waals surface area contributed by atoms with Crippen LogP contribution in [0, 0.1) is 13.8 Å². The van der Waals surface area contributed by atoms with Crippen molar-refractivity contribution in [2.24, 2.45) is 7.05 Å². The van der Waals surface area contributed by atoms with E-state index in [4.69, 9.17) is 5.11 Å². The van der Waals surface area contributed by atoms with Crippen LogP contribution in [-0.2, 0) is 18.3 Å². The molecule has 0 aromatic carbocycles. The third kappa shape index (κ3) is 2.61. The van der Waals surface area contributed by atoms with E-state index >= 15 is 0 Å². The molecule has 0 aliphatic carbocycles. The Balaban J connectivity index is 2.55. The number of carbonyl (C=O) groups is 1. The van der Waals surface area contributed by atoms with Gasteiger partial charge in [-0.3, -0.25) is 9.48 Å². The maximum absolute atomic E-state index is 12.0. The monoisotopic (exact) mass is 276 g/mol. The number of nitrogens with zero attached hydrogens (tertiary/aromatic N) is 4. The molecule has 0 unspecified atom stereocenters. The second kappa shape index (κ2) is 5.28. The SMILES string of the molecule is Cc1nc(=O)n(-c2ccn(C)n2)c(C)c1CCC(=O)O. The van der Waals surface area contributed by atoms with Gasteiger partial charge in [-0.1, -0.05) is 0 Å². The van der Waals surface area contributed by atoms with Gasteiger partial charge in [0.15, 0.2) is 5.82 Å². The van der Waals surface area contributed by atoms with Crippen LogP contribution in [0.4, 0.5) is 0 Å². The Labute approximate surface area is 115 Å². The first-order valence-electron chi connectivity index (χ1n) is 6.21. The van der Waals surface area contributed by atoms with E-state index in [9.17, 15) is 9.59 Å².